The number of aliphatic hydroxyl groups excluding tert-OH is 1. The van der Waals surface area contributed by atoms with Gasteiger partial charge in [0.05, 0.1) is 33.1 Å². The summed E-state index contributed by atoms with van der Waals surface area (Å²) < 4.78 is -0.830. The second-order valence-electron chi connectivity index (χ2n) is 9.91. The van der Waals surface area contributed by atoms with Gasteiger partial charge in [-0.2, -0.15) is 5.26 Å². The third-order valence-electron chi connectivity index (χ3n) is 5.93. The third kappa shape index (κ3) is 10.2. The number of nitrogens with zero attached hydrogens (tertiary/aromatic N) is 1. The van der Waals surface area contributed by atoms with Gasteiger partial charge in [-0.1, -0.05) is 67.2 Å². The molecule has 4 unspecified atom stereocenters. The number of carboxylic acids is 1. The van der Waals surface area contributed by atoms with Crippen molar-refractivity contribution >= 4 is 46.0 Å². The van der Waals surface area contributed by atoms with Crippen molar-refractivity contribution in [3.63, 3.8) is 0 Å². The zero-order valence-corrected chi connectivity index (χ0v) is 23.3. The average molecular weight is 546 g/mol. The smallest absolute Gasteiger partial charge is 0.303 e. The van der Waals surface area contributed by atoms with Crippen LogP contribution in [0, 0.1) is 34.5 Å². The van der Waals surface area contributed by atoms with E-state index in [0.717, 1.165) is 17.3 Å². The molecule has 37 heavy (non-hydrogen) atoms. The predicted molar refractivity (Wildman–Crippen MR) is 149 cm³/mol. The van der Waals surface area contributed by atoms with E-state index in [1.807, 2.05) is 30.3 Å². The van der Waals surface area contributed by atoms with Crippen molar-refractivity contribution in [3.8, 4) is 18.4 Å². The predicted octanol–water partition coefficient (Wildman–Crippen LogP) is 3.28. The lowest BCUT2D eigenvalue weighted by Crippen LogP contribution is -2.51. The largest absolute Gasteiger partial charge is 0.481 e. The number of aliphatic carboxylic acids is 1. The summed E-state index contributed by atoms with van der Waals surface area (Å²) in [5, 5.41) is 34.2. The fourth-order valence-electron chi connectivity index (χ4n) is 4.17. The van der Waals surface area contributed by atoms with Gasteiger partial charge in [0, 0.05) is 18.4 Å². The number of nitriles is 1. The molecule has 0 fully saturated rings. The maximum atomic E-state index is 13.5. The number of carbonyl (C=O) groups is 3. The molecule has 0 aliphatic carbocycles. The van der Waals surface area contributed by atoms with Crippen molar-refractivity contribution in [2.75, 3.05) is 13.1 Å². The van der Waals surface area contributed by atoms with Gasteiger partial charge in [-0.25, -0.2) is 0 Å². The Balaban J connectivity index is 3.49. The topological polar surface area (TPSA) is 140 Å². The van der Waals surface area contributed by atoms with E-state index in [1.165, 1.54) is 6.92 Å². The second kappa shape index (κ2) is 14.1. The number of hydrogen-bond acceptors (Lipinski definition) is 7. The minimum Gasteiger partial charge on any atom is -0.481 e. The number of nitrogens with one attached hydrogen (secondary N) is 2. The summed E-state index contributed by atoms with van der Waals surface area (Å²) in [6.45, 7) is 6.39. The Morgan fingerprint density at radius 2 is 1.76 bits per heavy atom. The summed E-state index contributed by atoms with van der Waals surface area (Å²) in [4.78, 5) is 38.1. The van der Waals surface area contributed by atoms with E-state index in [1.54, 1.807) is 20.8 Å². The molecule has 1 aromatic rings. The molecule has 0 spiro atoms. The molecular weight excluding hydrogens is 510 g/mol. The summed E-state index contributed by atoms with van der Waals surface area (Å²) in [6, 6.07) is 11.3. The fraction of sp³-hybridized carbons (Fsp3) is 0.519. The highest BCUT2D eigenvalue weighted by atomic mass is 32.2. The van der Waals surface area contributed by atoms with Crippen molar-refractivity contribution < 1.29 is 24.6 Å². The fourth-order valence-corrected chi connectivity index (χ4v) is 6.07. The molecule has 0 saturated heterocycles. The Hall–Kier alpha value is -2.92. The first-order valence-electron chi connectivity index (χ1n) is 11.8. The molecule has 0 aliphatic heterocycles. The molecule has 1 rings (SSSR count). The summed E-state index contributed by atoms with van der Waals surface area (Å²) >= 11 is 6.76. The lowest BCUT2D eigenvalue weighted by molar-refractivity contribution is -0.137. The second-order valence-corrected chi connectivity index (χ2v) is 12.1. The number of amides is 2. The number of carbonyl (C=O) groups excluding carboxylic acids is 2. The molecule has 10 heteroatoms. The first kappa shape index (κ1) is 32.1. The number of rotatable bonds is 14. The Morgan fingerprint density at radius 1 is 1.14 bits per heavy atom. The van der Waals surface area contributed by atoms with Crippen LogP contribution in [-0.4, -0.2) is 56.1 Å². The minimum atomic E-state index is -1.31. The van der Waals surface area contributed by atoms with Gasteiger partial charge in [0.25, 0.3) is 0 Å². The van der Waals surface area contributed by atoms with E-state index in [9.17, 15) is 29.9 Å². The number of thioether (sulfide) groups is 1. The maximum absolute atomic E-state index is 13.5. The molecule has 0 saturated carbocycles. The minimum absolute atomic E-state index is 0.0213. The number of carboxylic acid groups (broad SMARTS) is 1. The molecule has 0 radical (unpaired) electrons. The zero-order valence-electron chi connectivity index (χ0n) is 21.7. The summed E-state index contributed by atoms with van der Waals surface area (Å²) in [5.41, 5.74) is -1.74. The Morgan fingerprint density at radius 3 is 2.27 bits per heavy atom. The molecule has 4 atom stereocenters. The number of benzene rings is 1. The SMILES string of the molecule is C#CCNC(=O)C(C)(CC(C)(CC(C)(C#N)CCC(=O)O)C(=O)NCC(C)O)SC(=S)c1ccccc1. The normalized spacial score (nSPS) is 16.4. The molecule has 200 valence electrons. The van der Waals surface area contributed by atoms with Gasteiger partial charge in [0.1, 0.15) is 0 Å². The first-order valence-corrected chi connectivity index (χ1v) is 13.0. The number of hydrogen-bond donors (Lipinski definition) is 4. The van der Waals surface area contributed by atoms with Crippen molar-refractivity contribution in [1.82, 2.24) is 10.6 Å². The maximum Gasteiger partial charge on any atom is 0.303 e. The average Bonchev–Trinajstić information content (AvgIpc) is 2.84. The van der Waals surface area contributed by atoms with Crippen LogP contribution in [-0.2, 0) is 14.4 Å². The van der Waals surface area contributed by atoms with Gasteiger partial charge in [0.15, 0.2) is 0 Å². The molecule has 0 bridgehead atoms. The van der Waals surface area contributed by atoms with Crippen molar-refractivity contribution in [2.24, 2.45) is 10.8 Å². The van der Waals surface area contributed by atoms with Gasteiger partial charge in [-0.3, -0.25) is 14.4 Å². The Kier molecular flexibility index (Phi) is 12.3. The first-order chi connectivity index (χ1) is 17.2. The van der Waals surface area contributed by atoms with E-state index < -0.39 is 39.5 Å². The number of aliphatic hydroxyl groups is 1. The van der Waals surface area contributed by atoms with Crippen LogP contribution in [0.15, 0.2) is 30.3 Å². The van der Waals surface area contributed by atoms with E-state index in [4.69, 9.17) is 18.6 Å². The quantitative estimate of drug-likeness (QED) is 0.206. The molecule has 1 aromatic carbocycles. The van der Waals surface area contributed by atoms with Crippen molar-refractivity contribution in [1.29, 1.82) is 5.26 Å². The van der Waals surface area contributed by atoms with Gasteiger partial charge in [0.2, 0.25) is 11.8 Å². The lowest BCUT2D eigenvalue weighted by Gasteiger charge is -2.40. The molecule has 0 heterocycles. The van der Waals surface area contributed by atoms with Crippen molar-refractivity contribution in [3.05, 3.63) is 35.9 Å². The van der Waals surface area contributed by atoms with E-state index in [0.29, 0.717) is 4.20 Å². The monoisotopic (exact) mass is 545 g/mol. The van der Waals surface area contributed by atoms with Crippen LogP contribution in [0.3, 0.4) is 0 Å². The summed E-state index contributed by atoms with van der Waals surface area (Å²) in [6.07, 6.45) is 4.25. The standard InChI is InChI=1S/C27H35N3O5S2/c1-6-14-29-24(35)27(5,37-22(36)20-10-8-7-9-11-20)17-26(4,23(34)30-15-19(2)31)16-25(3,18-28)13-12-21(32)33/h1,7-11,19,31H,12-17H2,2-5H3,(H,29,35)(H,30,34)(H,32,33). The van der Waals surface area contributed by atoms with Crippen LogP contribution in [0.2, 0.25) is 0 Å². The van der Waals surface area contributed by atoms with Crippen molar-refractivity contribution in [2.45, 2.75) is 64.2 Å². The lowest BCUT2D eigenvalue weighted by atomic mass is 9.67. The summed E-state index contributed by atoms with van der Waals surface area (Å²) in [5.74, 6) is 0.428. The molecule has 8 nitrogen and oxygen atoms in total. The van der Waals surface area contributed by atoms with E-state index in [-0.39, 0.29) is 38.8 Å². The van der Waals surface area contributed by atoms with Crippen LogP contribution in [0.4, 0.5) is 0 Å². The molecule has 4 N–H and O–H groups in total. The van der Waals surface area contributed by atoms with Crippen LogP contribution < -0.4 is 10.6 Å². The molecular formula is C27H35N3O5S2. The van der Waals surface area contributed by atoms with E-state index in [2.05, 4.69) is 22.6 Å². The zero-order chi connectivity index (χ0) is 28.3. The van der Waals surface area contributed by atoms with Gasteiger partial charge in [-0.05, 0) is 45.6 Å². The molecule has 2 amide bonds. The van der Waals surface area contributed by atoms with Crippen LogP contribution >= 0.6 is 24.0 Å². The highest BCUT2D eigenvalue weighted by Crippen LogP contribution is 2.46. The third-order valence-corrected chi connectivity index (χ3v) is 7.62. The molecule has 0 aliphatic rings. The van der Waals surface area contributed by atoms with E-state index >= 15 is 0 Å². The highest BCUT2D eigenvalue weighted by Gasteiger charge is 2.49. The molecule has 0 aromatic heterocycles. The number of thiocarbonyl (C=S) groups is 1. The number of terminal acetylenes is 1. The summed E-state index contributed by atoms with van der Waals surface area (Å²) in [7, 11) is 0. The highest BCUT2D eigenvalue weighted by molar-refractivity contribution is 8.25. The van der Waals surface area contributed by atoms with Crippen LogP contribution in [0.25, 0.3) is 0 Å². The Bertz CT molecular complexity index is 1070. The van der Waals surface area contributed by atoms with Gasteiger partial charge >= 0.3 is 5.97 Å². The Labute approximate surface area is 228 Å². The van der Waals surface area contributed by atoms with Crippen LogP contribution in [0.1, 0.15) is 58.9 Å². The van der Waals surface area contributed by atoms with Gasteiger partial charge < -0.3 is 20.8 Å². The van der Waals surface area contributed by atoms with Crippen LogP contribution in [0.5, 0.6) is 0 Å². The van der Waals surface area contributed by atoms with Gasteiger partial charge in [-0.15, -0.1) is 6.42 Å².